The second-order valence-corrected chi connectivity index (χ2v) is 4.69. The van der Waals surface area contributed by atoms with Crippen LogP contribution in [0.5, 0.6) is 0 Å². The summed E-state index contributed by atoms with van der Waals surface area (Å²) in [7, 11) is 0. The van der Waals surface area contributed by atoms with Crippen molar-refractivity contribution in [2.45, 2.75) is 25.8 Å². The standard InChI is InChI=1S/C13H17N5O/c14-9-11-8-10(4-5-15-11)12-16-13(17-19-12)18-6-2-1-3-7-18/h4-5,8H,1-3,6-7,9,14H2. The molecule has 1 aliphatic rings. The average Bonchev–Trinajstić information content (AvgIpc) is 2.98. The smallest absolute Gasteiger partial charge is 0.266 e. The first-order valence-electron chi connectivity index (χ1n) is 6.61. The number of rotatable bonds is 3. The summed E-state index contributed by atoms with van der Waals surface area (Å²) in [5, 5.41) is 4.06. The van der Waals surface area contributed by atoms with E-state index in [9.17, 15) is 0 Å². The van der Waals surface area contributed by atoms with Gasteiger partial charge in [0, 0.05) is 31.4 Å². The monoisotopic (exact) mass is 259 g/mol. The lowest BCUT2D eigenvalue weighted by molar-refractivity contribution is 0.426. The van der Waals surface area contributed by atoms with E-state index in [2.05, 4.69) is 20.0 Å². The minimum atomic E-state index is 0.404. The van der Waals surface area contributed by atoms with Crippen LogP contribution < -0.4 is 10.6 Å². The molecule has 0 radical (unpaired) electrons. The Labute approximate surface area is 111 Å². The van der Waals surface area contributed by atoms with E-state index in [0.717, 1.165) is 24.3 Å². The molecule has 6 heteroatoms. The molecular formula is C13H17N5O. The molecule has 0 aromatic carbocycles. The third-order valence-electron chi connectivity index (χ3n) is 3.33. The predicted molar refractivity (Wildman–Crippen MR) is 71.5 cm³/mol. The van der Waals surface area contributed by atoms with Gasteiger partial charge in [0.05, 0.1) is 5.69 Å². The molecule has 6 nitrogen and oxygen atoms in total. The zero-order valence-electron chi connectivity index (χ0n) is 10.7. The number of hydrogen-bond donors (Lipinski definition) is 1. The van der Waals surface area contributed by atoms with Crippen molar-refractivity contribution in [3.63, 3.8) is 0 Å². The highest BCUT2D eigenvalue weighted by Gasteiger charge is 2.17. The molecule has 3 heterocycles. The number of anilines is 1. The molecule has 0 unspecified atom stereocenters. The van der Waals surface area contributed by atoms with Crippen molar-refractivity contribution in [2.75, 3.05) is 18.0 Å². The summed E-state index contributed by atoms with van der Waals surface area (Å²) < 4.78 is 5.33. The first kappa shape index (κ1) is 12.1. The second kappa shape index (κ2) is 5.36. The van der Waals surface area contributed by atoms with E-state index >= 15 is 0 Å². The van der Waals surface area contributed by atoms with Crippen LogP contribution in [-0.2, 0) is 6.54 Å². The molecule has 0 spiro atoms. The average molecular weight is 259 g/mol. The lowest BCUT2D eigenvalue weighted by Crippen LogP contribution is -2.30. The fraction of sp³-hybridized carbons (Fsp3) is 0.462. The van der Waals surface area contributed by atoms with Crippen LogP contribution in [-0.4, -0.2) is 28.2 Å². The minimum Gasteiger partial charge on any atom is -0.338 e. The van der Waals surface area contributed by atoms with Crippen molar-refractivity contribution in [3.05, 3.63) is 24.0 Å². The van der Waals surface area contributed by atoms with Crippen LogP contribution in [0.3, 0.4) is 0 Å². The highest BCUT2D eigenvalue weighted by Crippen LogP contribution is 2.22. The molecule has 0 amide bonds. The number of pyridine rings is 1. The van der Waals surface area contributed by atoms with E-state index in [4.69, 9.17) is 10.3 Å². The minimum absolute atomic E-state index is 0.404. The van der Waals surface area contributed by atoms with Crippen LogP contribution in [0.15, 0.2) is 22.9 Å². The molecule has 1 saturated heterocycles. The van der Waals surface area contributed by atoms with Crippen molar-refractivity contribution in [3.8, 4) is 11.5 Å². The van der Waals surface area contributed by atoms with Gasteiger partial charge in [-0.05, 0) is 36.6 Å². The summed E-state index contributed by atoms with van der Waals surface area (Å²) in [4.78, 5) is 10.8. The van der Waals surface area contributed by atoms with Gasteiger partial charge in [0.15, 0.2) is 0 Å². The number of nitrogens with two attached hydrogens (primary N) is 1. The molecule has 0 atom stereocenters. The molecule has 19 heavy (non-hydrogen) atoms. The SMILES string of the molecule is NCc1cc(-c2nc(N3CCCCC3)no2)ccn1. The van der Waals surface area contributed by atoms with Gasteiger partial charge in [0.2, 0.25) is 0 Å². The van der Waals surface area contributed by atoms with E-state index in [-0.39, 0.29) is 0 Å². The maximum absolute atomic E-state index is 5.58. The fourth-order valence-electron chi connectivity index (χ4n) is 2.28. The largest absolute Gasteiger partial charge is 0.338 e. The van der Waals surface area contributed by atoms with Gasteiger partial charge in [0.1, 0.15) is 0 Å². The van der Waals surface area contributed by atoms with Crippen molar-refractivity contribution in [1.29, 1.82) is 0 Å². The molecule has 2 aromatic rings. The van der Waals surface area contributed by atoms with Gasteiger partial charge >= 0.3 is 0 Å². The van der Waals surface area contributed by atoms with Crippen LogP contribution in [0.2, 0.25) is 0 Å². The van der Waals surface area contributed by atoms with Crippen molar-refractivity contribution >= 4 is 5.95 Å². The van der Waals surface area contributed by atoms with Crippen LogP contribution in [0.1, 0.15) is 25.0 Å². The van der Waals surface area contributed by atoms with Gasteiger partial charge in [-0.25, -0.2) is 0 Å². The van der Waals surface area contributed by atoms with Gasteiger partial charge in [-0.2, -0.15) is 4.98 Å². The Hall–Kier alpha value is -1.95. The Morgan fingerprint density at radius 1 is 1.26 bits per heavy atom. The zero-order chi connectivity index (χ0) is 13.1. The molecule has 100 valence electrons. The first-order chi connectivity index (χ1) is 9.36. The van der Waals surface area contributed by atoms with Crippen molar-refractivity contribution in [1.82, 2.24) is 15.1 Å². The van der Waals surface area contributed by atoms with Crippen LogP contribution >= 0.6 is 0 Å². The van der Waals surface area contributed by atoms with Crippen molar-refractivity contribution < 1.29 is 4.52 Å². The molecule has 3 rings (SSSR count). The van der Waals surface area contributed by atoms with E-state index in [1.165, 1.54) is 19.3 Å². The van der Waals surface area contributed by atoms with Gasteiger partial charge in [0.25, 0.3) is 11.8 Å². The third kappa shape index (κ3) is 2.58. The number of hydrogen-bond acceptors (Lipinski definition) is 6. The fourth-order valence-corrected chi connectivity index (χ4v) is 2.28. The van der Waals surface area contributed by atoms with Crippen LogP contribution in [0, 0.1) is 0 Å². The summed E-state index contributed by atoms with van der Waals surface area (Å²) in [5.74, 6) is 1.21. The summed E-state index contributed by atoms with van der Waals surface area (Å²) in [5.41, 5.74) is 7.26. The molecule has 0 saturated carbocycles. The van der Waals surface area contributed by atoms with Gasteiger partial charge < -0.3 is 15.2 Å². The Kier molecular flexibility index (Phi) is 3.41. The Morgan fingerprint density at radius 3 is 2.89 bits per heavy atom. The molecule has 1 aliphatic heterocycles. The lowest BCUT2D eigenvalue weighted by atomic mass is 10.1. The maximum Gasteiger partial charge on any atom is 0.266 e. The predicted octanol–water partition coefficient (Wildman–Crippen LogP) is 1.58. The maximum atomic E-state index is 5.58. The molecule has 2 N–H and O–H groups in total. The molecule has 2 aromatic heterocycles. The molecular weight excluding hydrogens is 242 g/mol. The Balaban J connectivity index is 1.83. The first-order valence-corrected chi connectivity index (χ1v) is 6.61. The summed E-state index contributed by atoms with van der Waals surface area (Å²) >= 11 is 0. The zero-order valence-corrected chi connectivity index (χ0v) is 10.7. The van der Waals surface area contributed by atoms with Crippen LogP contribution in [0.4, 0.5) is 5.95 Å². The normalized spacial score (nSPS) is 15.7. The highest BCUT2D eigenvalue weighted by atomic mass is 16.5. The molecule has 0 bridgehead atoms. The highest BCUT2D eigenvalue weighted by molar-refractivity contribution is 5.54. The van der Waals surface area contributed by atoms with Gasteiger partial charge in [-0.15, -0.1) is 0 Å². The quantitative estimate of drug-likeness (QED) is 0.901. The summed E-state index contributed by atoms with van der Waals surface area (Å²) in [6.45, 7) is 2.41. The van der Waals surface area contributed by atoms with E-state index < -0.39 is 0 Å². The number of nitrogens with zero attached hydrogens (tertiary/aromatic N) is 4. The molecule has 1 fully saturated rings. The number of aromatic nitrogens is 3. The van der Waals surface area contributed by atoms with E-state index in [1.807, 2.05) is 12.1 Å². The van der Waals surface area contributed by atoms with Gasteiger partial charge in [-0.1, -0.05) is 0 Å². The van der Waals surface area contributed by atoms with E-state index in [1.54, 1.807) is 6.20 Å². The van der Waals surface area contributed by atoms with Gasteiger partial charge in [-0.3, -0.25) is 4.98 Å². The molecule has 0 aliphatic carbocycles. The lowest BCUT2D eigenvalue weighted by Gasteiger charge is -2.24. The Morgan fingerprint density at radius 2 is 2.11 bits per heavy atom. The second-order valence-electron chi connectivity index (χ2n) is 4.69. The van der Waals surface area contributed by atoms with E-state index in [0.29, 0.717) is 18.4 Å². The van der Waals surface area contributed by atoms with Crippen molar-refractivity contribution in [2.24, 2.45) is 5.73 Å². The number of piperidine rings is 1. The topological polar surface area (TPSA) is 81.1 Å². The third-order valence-corrected chi connectivity index (χ3v) is 3.33. The van der Waals surface area contributed by atoms with Crippen LogP contribution in [0.25, 0.3) is 11.5 Å². The summed E-state index contributed by atoms with van der Waals surface area (Å²) in [6.07, 6.45) is 5.38. The summed E-state index contributed by atoms with van der Waals surface area (Å²) in [6, 6.07) is 3.74. The Bertz CT molecular complexity index is 547.